The van der Waals surface area contributed by atoms with Gasteiger partial charge in [0.15, 0.2) is 15.8 Å². The van der Waals surface area contributed by atoms with Crippen LogP contribution >= 0.6 is 24.0 Å². The van der Waals surface area contributed by atoms with Crippen LogP contribution in [-0.4, -0.2) is 51.7 Å². The highest BCUT2D eigenvalue weighted by atomic mass is 127. The minimum absolute atomic E-state index is 0. The van der Waals surface area contributed by atoms with E-state index in [0.29, 0.717) is 13.1 Å². The molecule has 0 radical (unpaired) electrons. The van der Waals surface area contributed by atoms with Crippen molar-refractivity contribution in [1.82, 2.24) is 10.6 Å². The lowest BCUT2D eigenvalue weighted by Crippen LogP contribution is -2.42. The predicted molar refractivity (Wildman–Crippen MR) is 103 cm³/mol. The van der Waals surface area contributed by atoms with Gasteiger partial charge in [-0.05, 0) is 18.6 Å². The van der Waals surface area contributed by atoms with E-state index in [0.717, 1.165) is 37.8 Å². The summed E-state index contributed by atoms with van der Waals surface area (Å²) in [5.74, 6) is 0.722. The second kappa shape index (κ2) is 9.01. The molecule has 0 aliphatic carbocycles. The van der Waals surface area contributed by atoms with E-state index in [1.807, 2.05) is 0 Å². The van der Waals surface area contributed by atoms with Crippen molar-refractivity contribution in [2.75, 3.05) is 37.8 Å². The van der Waals surface area contributed by atoms with Crippen molar-refractivity contribution in [1.29, 1.82) is 0 Å². The summed E-state index contributed by atoms with van der Waals surface area (Å²) in [6, 6.07) is 3.83. The Bertz CT molecular complexity index is 723. The first-order valence-corrected chi connectivity index (χ1v) is 9.01. The van der Waals surface area contributed by atoms with Crippen LogP contribution in [0.5, 0.6) is 0 Å². The summed E-state index contributed by atoms with van der Waals surface area (Å²) >= 11 is 0. The zero-order chi connectivity index (χ0) is 16.9. The lowest BCUT2D eigenvalue weighted by Gasteiger charge is -2.16. The van der Waals surface area contributed by atoms with Gasteiger partial charge in [-0.25, -0.2) is 8.42 Å². The molecular formula is C13H20IN5O4S. The molecule has 0 aromatic heterocycles. The van der Waals surface area contributed by atoms with E-state index >= 15 is 0 Å². The molecule has 24 heavy (non-hydrogen) atoms. The van der Waals surface area contributed by atoms with Crippen molar-refractivity contribution in [3.8, 4) is 0 Å². The molecule has 0 saturated heterocycles. The zero-order valence-electron chi connectivity index (χ0n) is 13.1. The van der Waals surface area contributed by atoms with Gasteiger partial charge in [0.25, 0.3) is 5.69 Å². The lowest BCUT2D eigenvalue weighted by atomic mass is 10.2. The molecule has 0 atom stereocenters. The number of benzene rings is 1. The first-order chi connectivity index (χ1) is 10.9. The average Bonchev–Trinajstić information content (AvgIpc) is 2.51. The molecule has 1 aromatic rings. The summed E-state index contributed by atoms with van der Waals surface area (Å²) in [6.45, 7) is 2.61. The fourth-order valence-electron chi connectivity index (χ4n) is 2.07. The Morgan fingerprint density at radius 2 is 2.04 bits per heavy atom. The Kier molecular flexibility index (Phi) is 7.66. The summed E-state index contributed by atoms with van der Waals surface area (Å²) in [7, 11) is -3.48. The van der Waals surface area contributed by atoms with Crippen LogP contribution in [0.4, 0.5) is 11.4 Å². The summed E-state index contributed by atoms with van der Waals surface area (Å²) < 4.78 is 23.0. The third-order valence-corrected chi connectivity index (χ3v) is 4.33. The number of hydrogen-bond acceptors (Lipinski definition) is 8. The first kappa shape index (κ1) is 20.4. The Morgan fingerprint density at radius 3 is 2.62 bits per heavy atom. The molecule has 11 heteroatoms. The molecule has 1 aromatic carbocycles. The van der Waals surface area contributed by atoms with Gasteiger partial charge in [-0.3, -0.25) is 15.1 Å². The smallest absolute Gasteiger partial charge is 0.293 e. The van der Waals surface area contributed by atoms with Crippen LogP contribution in [0.1, 0.15) is 6.42 Å². The molecule has 3 N–H and O–H groups in total. The number of nitro groups is 1. The van der Waals surface area contributed by atoms with Crippen LogP contribution in [-0.2, 0) is 9.84 Å². The molecule has 0 amide bonds. The van der Waals surface area contributed by atoms with Gasteiger partial charge in [-0.15, -0.1) is 24.0 Å². The van der Waals surface area contributed by atoms with Gasteiger partial charge in [-0.2, -0.15) is 0 Å². The minimum atomic E-state index is -3.48. The van der Waals surface area contributed by atoms with Gasteiger partial charge in [0.1, 0.15) is 5.69 Å². The van der Waals surface area contributed by atoms with Gasteiger partial charge in [0, 0.05) is 38.5 Å². The molecule has 0 unspecified atom stereocenters. The number of hydrogen-bond donors (Lipinski definition) is 3. The van der Waals surface area contributed by atoms with E-state index in [2.05, 4.69) is 20.9 Å². The number of halogens is 1. The van der Waals surface area contributed by atoms with E-state index in [1.165, 1.54) is 12.1 Å². The minimum Gasteiger partial charge on any atom is -0.378 e. The van der Waals surface area contributed by atoms with Gasteiger partial charge in [0.2, 0.25) is 0 Å². The molecule has 2 rings (SSSR count). The lowest BCUT2D eigenvalue weighted by molar-refractivity contribution is -0.384. The monoisotopic (exact) mass is 469 g/mol. The van der Waals surface area contributed by atoms with Crippen LogP contribution < -0.4 is 16.0 Å². The van der Waals surface area contributed by atoms with Gasteiger partial charge in [-0.1, -0.05) is 0 Å². The maximum atomic E-state index is 11.5. The molecule has 9 nitrogen and oxygen atoms in total. The van der Waals surface area contributed by atoms with Crippen molar-refractivity contribution >= 4 is 51.1 Å². The summed E-state index contributed by atoms with van der Waals surface area (Å²) in [6.07, 6.45) is 2.02. The van der Waals surface area contributed by atoms with Crippen molar-refractivity contribution in [2.45, 2.75) is 11.3 Å². The number of rotatable bonds is 6. The fraction of sp³-hybridized carbons (Fsp3) is 0.462. The second-order valence-corrected chi connectivity index (χ2v) is 7.09. The largest absolute Gasteiger partial charge is 0.378 e. The highest BCUT2D eigenvalue weighted by Gasteiger charge is 2.18. The topological polar surface area (TPSA) is 126 Å². The third kappa shape index (κ3) is 5.78. The molecule has 0 bridgehead atoms. The van der Waals surface area contributed by atoms with Gasteiger partial charge < -0.3 is 16.0 Å². The molecule has 0 saturated carbocycles. The van der Waals surface area contributed by atoms with E-state index in [4.69, 9.17) is 0 Å². The van der Waals surface area contributed by atoms with Crippen LogP contribution in [0.3, 0.4) is 0 Å². The standard InChI is InChI=1S/C13H19N5O4S.HI/c1-23(21,22)10-3-4-11(12(9-10)18(19)20)14-7-8-17-13-15-5-2-6-16-13;/h3-4,9,14H,2,5-8H2,1H3,(H2,15,16,17);1H. The quantitative estimate of drug-likeness (QED) is 0.245. The number of nitrogens with one attached hydrogen (secondary N) is 3. The number of nitrogens with zero attached hydrogens (tertiary/aromatic N) is 2. The Morgan fingerprint density at radius 1 is 1.33 bits per heavy atom. The predicted octanol–water partition coefficient (Wildman–Crippen LogP) is 0.967. The van der Waals surface area contributed by atoms with E-state index in [9.17, 15) is 18.5 Å². The SMILES string of the molecule is CS(=O)(=O)c1ccc(NCCNC2=NCCCN2)c([N+](=O)[O-])c1.I. The van der Waals surface area contributed by atoms with Gasteiger partial charge >= 0.3 is 0 Å². The molecule has 0 spiro atoms. The molecule has 1 heterocycles. The molecule has 1 aliphatic heterocycles. The number of nitro benzene ring substituents is 1. The van der Waals surface area contributed by atoms with Crippen molar-refractivity contribution in [3.63, 3.8) is 0 Å². The summed E-state index contributed by atoms with van der Waals surface area (Å²) in [5, 5.41) is 20.2. The van der Waals surface area contributed by atoms with E-state index in [1.54, 1.807) is 0 Å². The number of guanidine groups is 1. The zero-order valence-corrected chi connectivity index (χ0v) is 16.3. The van der Waals surface area contributed by atoms with Crippen molar-refractivity contribution < 1.29 is 13.3 Å². The fourth-order valence-corrected chi connectivity index (χ4v) is 2.71. The molecular weight excluding hydrogens is 449 g/mol. The van der Waals surface area contributed by atoms with Crippen molar-refractivity contribution in [3.05, 3.63) is 28.3 Å². The average molecular weight is 469 g/mol. The van der Waals surface area contributed by atoms with E-state index < -0.39 is 14.8 Å². The van der Waals surface area contributed by atoms with Crippen LogP contribution in [0.25, 0.3) is 0 Å². The number of anilines is 1. The molecule has 134 valence electrons. The van der Waals surface area contributed by atoms with Crippen LogP contribution in [0.2, 0.25) is 0 Å². The van der Waals surface area contributed by atoms with Crippen LogP contribution in [0.15, 0.2) is 28.1 Å². The van der Waals surface area contributed by atoms with Crippen LogP contribution in [0, 0.1) is 10.1 Å². The van der Waals surface area contributed by atoms with Gasteiger partial charge in [0.05, 0.1) is 9.82 Å². The third-order valence-electron chi connectivity index (χ3n) is 3.22. The second-order valence-electron chi connectivity index (χ2n) is 5.07. The van der Waals surface area contributed by atoms with Crippen molar-refractivity contribution in [2.24, 2.45) is 4.99 Å². The summed E-state index contributed by atoms with van der Waals surface area (Å²) in [4.78, 5) is 14.7. The Labute approximate surface area is 157 Å². The molecule has 1 aliphatic rings. The number of aliphatic imine (C=N–C) groups is 1. The number of sulfone groups is 1. The maximum absolute atomic E-state index is 11.5. The Hall–Kier alpha value is -1.63. The van der Waals surface area contributed by atoms with E-state index in [-0.39, 0.29) is 40.2 Å². The highest BCUT2D eigenvalue weighted by molar-refractivity contribution is 14.0. The first-order valence-electron chi connectivity index (χ1n) is 7.12. The molecule has 0 fully saturated rings. The highest BCUT2D eigenvalue weighted by Crippen LogP contribution is 2.27. The summed E-state index contributed by atoms with van der Waals surface area (Å²) in [5.41, 5.74) is 0.0174. The maximum Gasteiger partial charge on any atom is 0.293 e. The normalized spacial score (nSPS) is 14.0. The Balaban J connectivity index is 0.00000288.